The second-order valence-electron chi connectivity index (χ2n) is 5.18. The summed E-state index contributed by atoms with van der Waals surface area (Å²) >= 11 is 1.20. The van der Waals surface area contributed by atoms with Crippen molar-refractivity contribution < 1.29 is 14.7 Å². The third-order valence-corrected chi connectivity index (χ3v) is 4.84. The molecular weight excluding hydrogens is 272 g/mol. The van der Waals surface area contributed by atoms with Crippen LogP contribution < -0.4 is 0 Å². The quantitative estimate of drug-likeness (QED) is 0.809. The van der Waals surface area contributed by atoms with Gasteiger partial charge in [-0.25, -0.2) is 0 Å². The molecule has 0 saturated heterocycles. The van der Waals surface area contributed by atoms with Gasteiger partial charge in [0, 0.05) is 5.56 Å². The molecular formula is C16H20O3S. The molecule has 4 heteroatoms. The molecule has 0 fully saturated rings. The Hall–Kier alpha value is -1.29. The van der Waals surface area contributed by atoms with Gasteiger partial charge in [0.25, 0.3) is 0 Å². The average molecular weight is 292 g/mol. The second kappa shape index (κ2) is 6.93. The first-order valence-electron chi connectivity index (χ1n) is 7.14. The molecule has 0 aromatic heterocycles. The number of hydrogen-bond donors (Lipinski definition) is 1. The summed E-state index contributed by atoms with van der Waals surface area (Å²) in [6.45, 7) is 2.18. The van der Waals surface area contributed by atoms with Crippen molar-refractivity contribution >= 4 is 23.5 Å². The number of unbranched alkanes of at least 4 members (excludes halogenated alkanes) is 3. The Labute approximate surface area is 123 Å². The molecule has 20 heavy (non-hydrogen) atoms. The lowest BCUT2D eigenvalue weighted by atomic mass is 9.95. The van der Waals surface area contributed by atoms with E-state index in [1.807, 2.05) is 18.2 Å². The number of rotatable bonds is 6. The summed E-state index contributed by atoms with van der Waals surface area (Å²) in [6, 6.07) is 5.70. The van der Waals surface area contributed by atoms with E-state index in [1.165, 1.54) is 31.0 Å². The fourth-order valence-electron chi connectivity index (χ4n) is 2.52. The van der Waals surface area contributed by atoms with Gasteiger partial charge in [0.15, 0.2) is 5.78 Å². The number of aryl methyl sites for hydroxylation is 1. The number of thioether (sulfide) groups is 1. The van der Waals surface area contributed by atoms with Crippen molar-refractivity contribution in [3.8, 4) is 0 Å². The number of carboxylic acid groups (broad SMARTS) is 1. The Morgan fingerprint density at radius 3 is 2.85 bits per heavy atom. The van der Waals surface area contributed by atoms with Gasteiger partial charge in [-0.3, -0.25) is 9.59 Å². The summed E-state index contributed by atoms with van der Waals surface area (Å²) in [5.41, 5.74) is 2.42. The van der Waals surface area contributed by atoms with E-state index in [1.54, 1.807) is 0 Å². The maximum atomic E-state index is 12.0. The maximum absolute atomic E-state index is 12.0. The van der Waals surface area contributed by atoms with E-state index in [2.05, 4.69) is 6.92 Å². The van der Waals surface area contributed by atoms with Gasteiger partial charge in [0.05, 0.1) is 5.75 Å². The van der Waals surface area contributed by atoms with Crippen molar-refractivity contribution in [3.63, 3.8) is 0 Å². The molecule has 2 rings (SSSR count). The minimum Gasteiger partial charge on any atom is -0.480 e. The number of fused-ring (bicyclic) bond motifs is 1. The monoisotopic (exact) mass is 292 g/mol. The Bertz CT molecular complexity index is 510. The number of hydrogen-bond acceptors (Lipinski definition) is 3. The molecule has 1 aromatic rings. The Morgan fingerprint density at radius 2 is 2.15 bits per heavy atom. The highest BCUT2D eigenvalue weighted by Crippen LogP contribution is 2.37. The lowest BCUT2D eigenvalue weighted by Gasteiger charge is -2.21. The highest BCUT2D eigenvalue weighted by atomic mass is 32.2. The number of carbonyl (C=O) groups excluding carboxylic acids is 1. The van der Waals surface area contributed by atoms with Crippen LogP contribution in [0.5, 0.6) is 0 Å². The third kappa shape index (κ3) is 3.42. The lowest BCUT2D eigenvalue weighted by molar-refractivity contribution is -0.136. The first-order valence-corrected chi connectivity index (χ1v) is 8.18. The van der Waals surface area contributed by atoms with Crippen molar-refractivity contribution in [2.75, 3.05) is 5.75 Å². The van der Waals surface area contributed by atoms with Crippen LogP contribution >= 0.6 is 11.8 Å². The number of aliphatic carboxylic acids is 1. The van der Waals surface area contributed by atoms with E-state index in [-0.39, 0.29) is 11.5 Å². The van der Waals surface area contributed by atoms with E-state index in [4.69, 9.17) is 0 Å². The minimum atomic E-state index is -0.862. The predicted molar refractivity (Wildman–Crippen MR) is 81.5 cm³/mol. The van der Waals surface area contributed by atoms with Crippen LogP contribution in [-0.4, -0.2) is 22.6 Å². The highest BCUT2D eigenvalue weighted by molar-refractivity contribution is 8.01. The number of carboxylic acids is 1. The SMILES string of the molecule is CCCCCCc1ccc2c(c1)C(=O)CSC2C(=O)O. The number of carbonyl (C=O) groups is 2. The molecule has 1 aliphatic heterocycles. The molecule has 0 radical (unpaired) electrons. The van der Waals surface area contributed by atoms with Crippen molar-refractivity contribution in [3.05, 3.63) is 34.9 Å². The normalized spacial score (nSPS) is 17.9. The van der Waals surface area contributed by atoms with Crippen LogP contribution in [0.2, 0.25) is 0 Å². The summed E-state index contributed by atoms with van der Waals surface area (Å²) in [5, 5.41) is 8.61. The molecule has 1 atom stereocenters. The van der Waals surface area contributed by atoms with Crippen molar-refractivity contribution in [1.82, 2.24) is 0 Å². The van der Waals surface area contributed by atoms with Crippen LogP contribution in [0, 0.1) is 0 Å². The molecule has 0 amide bonds. The summed E-state index contributed by atoms with van der Waals surface area (Å²) in [6.07, 6.45) is 5.74. The zero-order valence-electron chi connectivity index (χ0n) is 11.7. The van der Waals surface area contributed by atoms with E-state index in [9.17, 15) is 14.7 Å². The molecule has 3 nitrogen and oxygen atoms in total. The molecule has 108 valence electrons. The van der Waals surface area contributed by atoms with Gasteiger partial charge >= 0.3 is 5.97 Å². The smallest absolute Gasteiger partial charge is 0.321 e. The van der Waals surface area contributed by atoms with Crippen LogP contribution in [0.4, 0.5) is 0 Å². The Balaban J connectivity index is 2.14. The van der Waals surface area contributed by atoms with Crippen LogP contribution in [0.3, 0.4) is 0 Å². The molecule has 1 aliphatic rings. The van der Waals surface area contributed by atoms with E-state index in [0.717, 1.165) is 18.4 Å². The lowest BCUT2D eigenvalue weighted by Crippen LogP contribution is -2.21. The van der Waals surface area contributed by atoms with Crippen molar-refractivity contribution in [1.29, 1.82) is 0 Å². The van der Waals surface area contributed by atoms with Crippen LogP contribution in [0.1, 0.15) is 59.3 Å². The summed E-state index contributed by atoms with van der Waals surface area (Å²) in [4.78, 5) is 23.2. The first-order chi connectivity index (χ1) is 9.63. The molecule has 1 heterocycles. The van der Waals surface area contributed by atoms with Crippen molar-refractivity contribution in [2.24, 2.45) is 0 Å². The molecule has 0 bridgehead atoms. The van der Waals surface area contributed by atoms with E-state index >= 15 is 0 Å². The number of ketones is 1. The van der Waals surface area contributed by atoms with Gasteiger partial charge < -0.3 is 5.11 Å². The molecule has 0 spiro atoms. The molecule has 0 saturated carbocycles. The topological polar surface area (TPSA) is 54.4 Å². The Kier molecular flexibility index (Phi) is 5.24. The predicted octanol–water partition coefficient (Wildman–Crippen LogP) is 3.86. The van der Waals surface area contributed by atoms with Gasteiger partial charge in [-0.15, -0.1) is 11.8 Å². The fraction of sp³-hybridized carbons (Fsp3) is 0.500. The molecule has 1 aromatic carbocycles. The summed E-state index contributed by atoms with van der Waals surface area (Å²) in [7, 11) is 0. The van der Waals surface area contributed by atoms with Crippen LogP contribution in [-0.2, 0) is 11.2 Å². The minimum absolute atomic E-state index is 0.0536. The third-order valence-electron chi connectivity index (χ3n) is 3.62. The summed E-state index contributed by atoms with van der Waals surface area (Å²) in [5.74, 6) is -0.541. The van der Waals surface area contributed by atoms with Crippen LogP contribution in [0.15, 0.2) is 18.2 Å². The number of Topliss-reactive ketones (excluding diaryl/α,β-unsaturated/α-hetero) is 1. The zero-order valence-corrected chi connectivity index (χ0v) is 12.5. The van der Waals surface area contributed by atoms with E-state index in [0.29, 0.717) is 11.1 Å². The number of benzene rings is 1. The van der Waals surface area contributed by atoms with Crippen LogP contribution in [0.25, 0.3) is 0 Å². The maximum Gasteiger partial charge on any atom is 0.321 e. The summed E-state index contributed by atoms with van der Waals surface area (Å²) < 4.78 is 0. The second-order valence-corrected chi connectivity index (χ2v) is 6.28. The largest absolute Gasteiger partial charge is 0.480 e. The Morgan fingerprint density at radius 1 is 1.35 bits per heavy atom. The van der Waals surface area contributed by atoms with Gasteiger partial charge in [0.1, 0.15) is 5.25 Å². The average Bonchev–Trinajstić information content (AvgIpc) is 2.44. The first kappa shape index (κ1) is 15.1. The zero-order chi connectivity index (χ0) is 14.5. The molecule has 1 N–H and O–H groups in total. The van der Waals surface area contributed by atoms with Gasteiger partial charge in [0.2, 0.25) is 0 Å². The van der Waals surface area contributed by atoms with Gasteiger partial charge in [-0.1, -0.05) is 38.3 Å². The fourth-order valence-corrected chi connectivity index (χ4v) is 3.52. The van der Waals surface area contributed by atoms with Crippen molar-refractivity contribution in [2.45, 2.75) is 44.3 Å². The molecule has 1 unspecified atom stereocenters. The van der Waals surface area contributed by atoms with Gasteiger partial charge in [-0.2, -0.15) is 0 Å². The standard InChI is InChI=1S/C16H20O3S/c1-2-3-4-5-6-11-7-8-12-13(9-11)14(17)10-20-15(12)16(18)19/h7-9,15H,2-6,10H2,1H3,(H,18,19). The highest BCUT2D eigenvalue weighted by Gasteiger charge is 2.30. The van der Waals surface area contributed by atoms with Gasteiger partial charge in [-0.05, 0) is 30.0 Å². The molecule has 0 aliphatic carbocycles. The van der Waals surface area contributed by atoms with E-state index < -0.39 is 11.2 Å².